The maximum Gasteiger partial charge on any atom is 0.138 e. The first-order valence-corrected chi connectivity index (χ1v) is 4.50. The van der Waals surface area contributed by atoms with Gasteiger partial charge in [0, 0.05) is 0 Å². The minimum atomic E-state index is 0.848. The maximum absolute atomic E-state index is 9.89. The summed E-state index contributed by atoms with van der Waals surface area (Å²) in [6, 6.07) is 0. The highest BCUT2D eigenvalue weighted by atomic mass is 16.2. The minimum Gasteiger partial charge on any atom is -0.299 e. The molecule has 1 radical (unpaired) electrons. The fourth-order valence-corrected chi connectivity index (χ4v) is 0.777. The SMILES string of the molecule is CCC/C=C/C=C/CC/C=C/[O]. The Hall–Kier alpha value is -0.980. The van der Waals surface area contributed by atoms with Gasteiger partial charge >= 0.3 is 0 Å². The van der Waals surface area contributed by atoms with Crippen LogP contribution in [-0.2, 0) is 5.11 Å². The molecule has 1 heteroatoms. The van der Waals surface area contributed by atoms with E-state index < -0.39 is 0 Å². The molecule has 0 aromatic rings. The van der Waals surface area contributed by atoms with Crippen molar-refractivity contribution < 1.29 is 5.11 Å². The van der Waals surface area contributed by atoms with E-state index in [4.69, 9.17) is 0 Å². The largest absolute Gasteiger partial charge is 0.299 e. The molecule has 0 amide bonds. The lowest BCUT2D eigenvalue weighted by Gasteiger charge is -1.83. The lowest BCUT2D eigenvalue weighted by Crippen LogP contribution is -1.63. The molecular weight excluding hydrogens is 148 g/mol. The van der Waals surface area contributed by atoms with Crippen LogP contribution in [0.3, 0.4) is 0 Å². The highest BCUT2D eigenvalue weighted by Crippen LogP contribution is 1.94. The Morgan fingerprint density at radius 2 is 1.50 bits per heavy atom. The summed E-state index contributed by atoms with van der Waals surface area (Å²) in [6.45, 7) is 2.16. The molecule has 0 bridgehead atoms. The first-order valence-electron chi connectivity index (χ1n) is 4.50. The molecule has 0 aromatic heterocycles. The van der Waals surface area contributed by atoms with E-state index in [0.29, 0.717) is 0 Å². The van der Waals surface area contributed by atoms with Crippen molar-refractivity contribution in [2.45, 2.75) is 32.6 Å². The van der Waals surface area contributed by atoms with Crippen LogP contribution < -0.4 is 0 Å². The second-order valence-electron chi connectivity index (χ2n) is 2.59. The van der Waals surface area contributed by atoms with Crippen molar-refractivity contribution >= 4 is 0 Å². The second kappa shape index (κ2) is 10.0. The van der Waals surface area contributed by atoms with Gasteiger partial charge in [0.1, 0.15) is 6.26 Å². The predicted octanol–water partition coefficient (Wildman–Crippen LogP) is 3.62. The number of rotatable bonds is 6. The number of hydrogen-bond donors (Lipinski definition) is 0. The van der Waals surface area contributed by atoms with Crippen molar-refractivity contribution in [1.29, 1.82) is 0 Å². The highest BCUT2D eigenvalue weighted by molar-refractivity contribution is 5.02. The van der Waals surface area contributed by atoms with Crippen LogP contribution in [0.15, 0.2) is 36.6 Å². The van der Waals surface area contributed by atoms with Gasteiger partial charge in [0.25, 0.3) is 0 Å². The number of allylic oxidation sites excluding steroid dienone is 5. The van der Waals surface area contributed by atoms with Gasteiger partial charge in [0.15, 0.2) is 0 Å². The van der Waals surface area contributed by atoms with Crippen molar-refractivity contribution in [3.05, 3.63) is 36.6 Å². The fourth-order valence-electron chi connectivity index (χ4n) is 0.777. The second-order valence-corrected chi connectivity index (χ2v) is 2.59. The highest BCUT2D eigenvalue weighted by Gasteiger charge is 1.74. The van der Waals surface area contributed by atoms with E-state index in [9.17, 15) is 5.11 Å². The van der Waals surface area contributed by atoms with E-state index in [1.54, 1.807) is 6.08 Å². The van der Waals surface area contributed by atoms with Crippen LogP contribution in [-0.4, -0.2) is 0 Å². The molecule has 67 valence electrons. The standard InChI is InChI=1S/C11H17O/c1-2-3-4-5-6-7-8-9-10-11-12/h4-7,10-11H,2-3,8-9H2,1H3/b5-4+,7-6+,11-10+. The van der Waals surface area contributed by atoms with E-state index in [1.807, 2.05) is 6.08 Å². The van der Waals surface area contributed by atoms with E-state index in [2.05, 4.69) is 25.2 Å². The van der Waals surface area contributed by atoms with E-state index in [-0.39, 0.29) is 0 Å². The predicted molar refractivity (Wildman–Crippen MR) is 52.2 cm³/mol. The molecule has 12 heavy (non-hydrogen) atoms. The van der Waals surface area contributed by atoms with Crippen LogP contribution in [0, 0.1) is 0 Å². The summed E-state index contributed by atoms with van der Waals surface area (Å²) in [4.78, 5) is 0. The van der Waals surface area contributed by atoms with Crippen LogP contribution in [0.4, 0.5) is 0 Å². The molecule has 0 unspecified atom stereocenters. The average Bonchev–Trinajstić information content (AvgIpc) is 2.10. The Kier molecular flexibility index (Phi) is 9.20. The Morgan fingerprint density at radius 1 is 0.917 bits per heavy atom. The Labute approximate surface area is 75.1 Å². The fraction of sp³-hybridized carbons (Fsp3) is 0.455. The van der Waals surface area contributed by atoms with Gasteiger partial charge in [-0.05, 0) is 25.3 Å². The van der Waals surface area contributed by atoms with Crippen LogP contribution in [0.2, 0.25) is 0 Å². The molecule has 0 aliphatic rings. The van der Waals surface area contributed by atoms with Gasteiger partial charge in [-0.1, -0.05) is 37.6 Å². The molecule has 0 aliphatic carbocycles. The molecule has 0 fully saturated rings. The van der Waals surface area contributed by atoms with Crippen molar-refractivity contribution in [2.24, 2.45) is 0 Å². The molecule has 0 atom stereocenters. The summed E-state index contributed by atoms with van der Waals surface area (Å²) in [7, 11) is 0. The third-order valence-corrected chi connectivity index (χ3v) is 1.43. The number of hydrogen-bond acceptors (Lipinski definition) is 0. The number of unbranched alkanes of at least 4 members (excludes halogenated alkanes) is 2. The molecule has 0 saturated carbocycles. The van der Waals surface area contributed by atoms with Crippen molar-refractivity contribution in [1.82, 2.24) is 0 Å². The van der Waals surface area contributed by atoms with Crippen LogP contribution in [0.1, 0.15) is 32.6 Å². The molecule has 0 spiro atoms. The summed E-state index contributed by atoms with van der Waals surface area (Å²) in [5.41, 5.74) is 0. The van der Waals surface area contributed by atoms with E-state index in [0.717, 1.165) is 25.5 Å². The molecule has 0 aromatic carbocycles. The zero-order valence-electron chi connectivity index (χ0n) is 7.70. The average molecular weight is 165 g/mol. The van der Waals surface area contributed by atoms with Gasteiger partial charge in [0.05, 0.1) is 0 Å². The Bertz CT molecular complexity index is 154. The van der Waals surface area contributed by atoms with Gasteiger partial charge in [0.2, 0.25) is 0 Å². The monoisotopic (exact) mass is 165 g/mol. The van der Waals surface area contributed by atoms with Crippen molar-refractivity contribution in [3.63, 3.8) is 0 Å². The van der Waals surface area contributed by atoms with Crippen molar-refractivity contribution in [2.75, 3.05) is 0 Å². The molecular formula is C11H17O. The Morgan fingerprint density at radius 3 is 2.08 bits per heavy atom. The first-order chi connectivity index (χ1) is 5.91. The molecule has 0 rings (SSSR count). The van der Waals surface area contributed by atoms with Gasteiger partial charge in [-0.3, -0.25) is 5.11 Å². The first kappa shape index (κ1) is 11.0. The lowest BCUT2D eigenvalue weighted by atomic mass is 10.2. The lowest BCUT2D eigenvalue weighted by molar-refractivity contribution is 0.350. The summed E-state index contributed by atoms with van der Waals surface area (Å²) >= 11 is 0. The Balaban J connectivity index is 3.24. The van der Waals surface area contributed by atoms with Gasteiger partial charge < -0.3 is 0 Å². The molecule has 1 nitrogen and oxygen atoms in total. The third-order valence-electron chi connectivity index (χ3n) is 1.43. The third kappa shape index (κ3) is 9.02. The van der Waals surface area contributed by atoms with Crippen LogP contribution in [0.5, 0.6) is 0 Å². The minimum absolute atomic E-state index is 0.848. The van der Waals surface area contributed by atoms with Gasteiger partial charge in [-0.15, -0.1) is 0 Å². The summed E-state index contributed by atoms with van der Waals surface area (Å²) in [5, 5.41) is 9.89. The maximum atomic E-state index is 9.89. The normalized spacial score (nSPS) is 12.4. The summed E-state index contributed by atoms with van der Waals surface area (Å²) in [5.74, 6) is 0. The quantitative estimate of drug-likeness (QED) is 0.325. The van der Waals surface area contributed by atoms with Crippen molar-refractivity contribution in [3.8, 4) is 0 Å². The van der Waals surface area contributed by atoms with Gasteiger partial charge in [-0.25, -0.2) is 0 Å². The van der Waals surface area contributed by atoms with Crippen LogP contribution in [0.25, 0.3) is 0 Å². The molecule has 0 saturated heterocycles. The zero-order chi connectivity index (χ0) is 9.07. The van der Waals surface area contributed by atoms with Gasteiger partial charge in [-0.2, -0.15) is 0 Å². The molecule has 0 aliphatic heterocycles. The summed E-state index contributed by atoms with van der Waals surface area (Å²) in [6.07, 6.45) is 15.0. The smallest absolute Gasteiger partial charge is 0.138 e. The van der Waals surface area contributed by atoms with Crippen LogP contribution >= 0.6 is 0 Å². The molecule has 0 heterocycles. The van der Waals surface area contributed by atoms with E-state index >= 15 is 0 Å². The summed E-state index contributed by atoms with van der Waals surface area (Å²) < 4.78 is 0. The zero-order valence-corrected chi connectivity index (χ0v) is 7.70. The topological polar surface area (TPSA) is 19.9 Å². The van der Waals surface area contributed by atoms with E-state index in [1.165, 1.54) is 6.42 Å². The molecule has 0 N–H and O–H groups in total.